The Kier molecular flexibility index (Phi) is 5.72. The minimum absolute atomic E-state index is 0.756. The zero-order valence-corrected chi connectivity index (χ0v) is 26.1. The van der Waals surface area contributed by atoms with Gasteiger partial charge in [0.1, 0.15) is 22.8 Å². The first-order valence-corrected chi connectivity index (χ1v) is 16.1. The van der Waals surface area contributed by atoms with E-state index < -0.39 is 0 Å². The lowest BCUT2D eigenvalue weighted by Crippen LogP contribution is -1.94. The Morgan fingerprint density at radius 1 is 0.479 bits per heavy atom. The molecule has 4 heterocycles. The molecule has 0 saturated carbocycles. The predicted molar refractivity (Wildman–Crippen MR) is 196 cm³/mol. The summed E-state index contributed by atoms with van der Waals surface area (Å²) in [4.78, 5) is 9.57. The summed E-state index contributed by atoms with van der Waals surface area (Å²) in [6, 6.07) is 44.9. The van der Waals surface area contributed by atoms with Crippen molar-refractivity contribution < 1.29 is 4.74 Å². The van der Waals surface area contributed by atoms with Crippen molar-refractivity contribution in [2.75, 3.05) is 0 Å². The maximum Gasteiger partial charge on any atom is 0.145 e. The summed E-state index contributed by atoms with van der Waals surface area (Å²) in [6.07, 6.45) is 7.81. The molecule has 48 heavy (non-hydrogen) atoms. The molecular weight excluding hydrogens is 589 g/mol. The Bertz CT molecular complexity index is 2880. The van der Waals surface area contributed by atoms with E-state index in [-0.39, 0.29) is 0 Å². The Labute approximate surface area is 275 Å². The average molecular weight is 617 g/mol. The maximum atomic E-state index is 6.60. The number of rotatable bonds is 4. The molecule has 5 nitrogen and oxygen atoms in total. The van der Waals surface area contributed by atoms with E-state index >= 15 is 0 Å². The molecule has 0 saturated heterocycles. The number of hydrogen-bond donors (Lipinski definition) is 0. The van der Waals surface area contributed by atoms with E-state index in [1.54, 1.807) is 0 Å². The molecule has 0 radical (unpaired) electrons. The van der Waals surface area contributed by atoms with Crippen LogP contribution in [0.15, 0.2) is 152 Å². The third-order valence-electron chi connectivity index (χ3n) is 9.64. The second-order valence-corrected chi connectivity index (χ2v) is 12.4. The molecule has 4 aromatic heterocycles. The van der Waals surface area contributed by atoms with Crippen molar-refractivity contribution in [1.82, 2.24) is 18.8 Å². The lowest BCUT2D eigenvalue weighted by molar-refractivity contribution is 0.484. The van der Waals surface area contributed by atoms with Crippen molar-refractivity contribution in [2.24, 2.45) is 0 Å². The number of fused-ring (bicyclic) bond motifs is 12. The summed E-state index contributed by atoms with van der Waals surface area (Å²) in [5, 5.41) is 6.74. The molecule has 0 fully saturated rings. The van der Waals surface area contributed by atoms with Crippen LogP contribution in [0.5, 0.6) is 11.5 Å². The van der Waals surface area contributed by atoms with Gasteiger partial charge < -0.3 is 4.74 Å². The fourth-order valence-corrected chi connectivity index (χ4v) is 7.43. The SMILES string of the molecule is Cc1ccccc1-c1ccc2c3ccc(Oc4ccc5c(c4)c4nccn4c4cccc(-c6ccccc6)c54)cc3c3nccn3c2c1. The van der Waals surface area contributed by atoms with Crippen LogP contribution in [0, 0.1) is 6.92 Å². The van der Waals surface area contributed by atoms with Gasteiger partial charge in [-0.05, 0) is 94.0 Å². The van der Waals surface area contributed by atoms with Gasteiger partial charge in [0.2, 0.25) is 0 Å². The molecule has 0 N–H and O–H groups in total. The molecule has 6 aromatic carbocycles. The normalized spacial score (nSPS) is 11.9. The van der Waals surface area contributed by atoms with E-state index in [4.69, 9.17) is 14.7 Å². The van der Waals surface area contributed by atoms with Gasteiger partial charge in [-0.3, -0.25) is 8.80 Å². The van der Waals surface area contributed by atoms with E-state index in [1.165, 1.54) is 38.6 Å². The summed E-state index contributed by atoms with van der Waals surface area (Å²) in [5.74, 6) is 1.51. The molecule has 226 valence electrons. The van der Waals surface area contributed by atoms with Crippen LogP contribution >= 0.6 is 0 Å². The Morgan fingerprint density at radius 2 is 1.12 bits per heavy atom. The largest absolute Gasteiger partial charge is 0.457 e. The number of nitrogens with zero attached hydrogens (tertiary/aromatic N) is 4. The Balaban J connectivity index is 1.11. The first-order valence-electron chi connectivity index (χ1n) is 16.1. The molecule has 10 aromatic rings. The highest BCUT2D eigenvalue weighted by atomic mass is 16.5. The summed E-state index contributed by atoms with van der Waals surface area (Å²) in [5.41, 5.74) is 10.1. The smallest absolute Gasteiger partial charge is 0.145 e. The number of hydrogen-bond acceptors (Lipinski definition) is 3. The molecule has 0 atom stereocenters. The molecule has 0 aliphatic rings. The molecule has 0 aliphatic heterocycles. The molecule has 10 rings (SSSR count). The average Bonchev–Trinajstić information content (AvgIpc) is 3.84. The van der Waals surface area contributed by atoms with Crippen molar-refractivity contribution in [3.8, 4) is 33.8 Å². The van der Waals surface area contributed by atoms with Crippen LogP contribution < -0.4 is 4.74 Å². The summed E-state index contributed by atoms with van der Waals surface area (Å²) < 4.78 is 11.0. The molecule has 0 spiro atoms. The lowest BCUT2D eigenvalue weighted by Gasteiger charge is -2.15. The van der Waals surface area contributed by atoms with Gasteiger partial charge in [0, 0.05) is 46.3 Å². The number of aryl methyl sites for hydroxylation is 1. The Morgan fingerprint density at radius 3 is 1.90 bits per heavy atom. The molecule has 0 aliphatic carbocycles. The fourth-order valence-electron chi connectivity index (χ4n) is 7.43. The summed E-state index contributed by atoms with van der Waals surface area (Å²) in [7, 11) is 0. The fraction of sp³-hybridized carbons (Fsp3) is 0.0233. The van der Waals surface area contributed by atoms with Gasteiger partial charge in [-0.15, -0.1) is 0 Å². The van der Waals surface area contributed by atoms with E-state index in [2.05, 4.69) is 143 Å². The van der Waals surface area contributed by atoms with Crippen LogP contribution in [-0.2, 0) is 0 Å². The topological polar surface area (TPSA) is 43.8 Å². The number of pyridine rings is 2. The van der Waals surface area contributed by atoms with E-state index in [0.717, 1.165) is 55.4 Å². The zero-order valence-electron chi connectivity index (χ0n) is 26.1. The second kappa shape index (κ2) is 10.3. The van der Waals surface area contributed by atoms with Gasteiger partial charge in [-0.25, -0.2) is 9.97 Å². The van der Waals surface area contributed by atoms with Gasteiger partial charge in [-0.2, -0.15) is 0 Å². The van der Waals surface area contributed by atoms with Crippen LogP contribution in [0.1, 0.15) is 5.56 Å². The van der Waals surface area contributed by atoms with Crippen molar-refractivity contribution in [2.45, 2.75) is 6.92 Å². The van der Waals surface area contributed by atoms with Gasteiger partial charge in [0.05, 0.1) is 11.0 Å². The molecule has 0 unspecified atom stereocenters. The predicted octanol–water partition coefficient (Wildman–Crippen LogP) is 11.0. The van der Waals surface area contributed by atoms with Gasteiger partial charge in [0.15, 0.2) is 0 Å². The minimum Gasteiger partial charge on any atom is -0.457 e. The van der Waals surface area contributed by atoms with Crippen molar-refractivity contribution in [3.63, 3.8) is 0 Å². The third-order valence-corrected chi connectivity index (χ3v) is 9.64. The Hall–Kier alpha value is -6.46. The van der Waals surface area contributed by atoms with E-state index in [0.29, 0.717) is 0 Å². The minimum atomic E-state index is 0.756. The summed E-state index contributed by atoms with van der Waals surface area (Å²) >= 11 is 0. The lowest BCUT2D eigenvalue weighted by atomic mass is 9.96. The quantitative estimate of drug-likeness (QED) is 0.185. The van der Waals surface area contributed by atoms with Crippen LogP contribution in [0.4, 0.5) is 0 Å². The van der Waals surface area contributed by atoms with E-state index in [1.807, 2.05) is 24.8 Å². The number of aromatic nitrogens is 4. The molecule has 0 amide bonds. The van der Waals surface area contributed by atoms with Gasteiger partial charge in [-0.1, -0.05) is 78.9 Å². The molecular formula is C43H28N4O. The van der Waals surface area contributed by atoms with Crippen molar-refractivity contribution in [1.29, 1.82) is 0 Å². The number of imidazole rings is 2. The van der Waals surface area contributed by atoms with Crippen LogP contribution in [0.25, 0.3) is 76.9 Å². The van der Waals surface area contributed by atoms with E-state index in [9.17, 15) is 0 Å². The third kappa shape index (κ3) is 3.98. The highest BCUT2D eigenvalue weighted by Gasteiger charge is 2.16. The maximum absolute atomic E-state index is 6.60. The molecule has 0 bridgehead atoms. The molecule has 5 heteroatoms. The second-order valence-electron chi connectivity index (χ2n) is 12.4. The number of ether oxygens (including phenoxy) is 1. The van der Waals surface area contributed by atoms with Crippen LogP contribution in [0.2, 0.25) is 0 Å². The van der Waals surface area contributed by atoms with Crippen molar-refractivity contribution in [3.05, 3.63) is 158 Å². The van der Waals surface area contributed by atoms with Gasteiger partial charge >= 0.3 is 0 Å². The zero-order chi connectivity index (χ0) is 31.8. The highest BCUT2D eigenvalue weighted by molar-refractivity contribution is 6.17. The number of benzene rings is 6. The highest BCUT2D eigenvalue weighted by Crippen LogP contribution is 2.39. The summed E-state index contributed by atoms with van der Waals surface area (Å²) in [6.45, 7) is 2.16. The standard InChI is InChI=1S/C43H28N4O/c1-27-8-5-6-11-32(27)29-14-17-35-34-18-15-30(25-37(34)42-44-21-23-47(42)40(35)24-29)48-31-16-19-36-38(26-31)43-45-20-22-46(43)39-13-7-12-33(41(36)39)28-9-3-2-4-10-28/h2-26H,1H3. The van der Waals surface area contributed by atoms with Crippen molar-refractivity contribution >= 4 is 54.6 Å². The monoisotopic (exact) mass is 616 g/mol. The van der Waals surface area contributed by atoms with Crippen LogP contribution in [-0.4, -0.2) is 18.8 Å². The first kappa shape index (κ1) is 26.7. The van der Waals surface area contributed by atoms with Gasteiger partial charge in [0.25, 0.3) is 0 Å². The van der Waals surface area contributed by atoms with Crippen LogP contribution in [0.3, 0.4) is 0 Å². The first-order chi connectivity index (χ1) is 23.7.